The van der Waals surface area contributed by atoms with Crippen molar-refractivity contribution >= 4 is 15.9 Å². The average molecular weight is 243 g/mol. The Morgan fingerprint density at radius 2 is 2.15 bits per heavy atom. The molecule has 1 aliphatic carbocycles. The molecule has 13 heavy (non-hydrogen) atoms. The van der Waals surface area contributed by atoms with Crippen molar-refractivity contribution in [3.63, 3.8) is 0 Å². The van der Waals surface area contributed by atoms with Gasteiger partial charge in [0.15, 0.2) is 0 Å². The lowest BCUT2D eigenvalue weighted by molar-refractivity contribution is 0.616. The van der Waals surface area contributed by atoms with Crippen LogP contribution < -0.4 is 0 Å². The Morgan fingerprint density at radius 3 is 2.77 bits per heavy atom. The number of hydrogen-bond acceptors (Lipinski definition) is 0. The van der Waals surface area contributed by atoms with Gasteiger partial charge in [-0.15, -0.1) is 0 Å². The van der Waals surface area contributed by atoms with Gasteiger partial charge in [-0.05, 0) is 52.4 Å². The first-order valence-corrected chi connectivity index (χ1v) is 5.49. The van der Waals surface area contributed by atoms with E-state index in [0.717, 1.165) is 17.9 Å². The van der Waals surface area contributed by atoms with Crippen LogP contribution in [0.3, 0.4) is 0 Å². The fourth-order valence-electron chi connectivity index (χ4n) is 1.47. The van der Waals surface area contributed by atoms with Gasteiger partial charge in [0.25, 0.3) is 0 Å². The molecule has 0 aliphatic heterocycles. The molecule has 0 unspecified atom stereocenters. The average Bonchev–Trinajstić information content (AvgIpc) is 2.91. The molecule has 0 atom stereocenters. The Kier molecular flexibility index (Phi) is 2.68. The van der Waals surface area contributed by atoms with Crippen molar-refractivity contribution in [3.05, 3.63) is 34.1 Å². The van der Waals surface area contributed by atoms with Crippen LogP contribution in [0.5, 0.6) is 0 Å². The number of benzene rings is 1. The summed E-state index contributed by atoms with van der Waals surface area (Å²) in [6.45, 7) is 0. The third-order valence-electron chi connectivity index (χ3n) is 2.52. The zero-order valence-corrected chi connectivity index (χ0v) is 8.98. The molecule has 2 rings (SSSR count). The van der Waals surface area contributed by atoms with Crippen LogP contribution in [0.2, 0.25) is 0 Å². The van der Waals surface area contributed by atoms with Crippen LogP contribution in [-0.4, -0.2) is 0 Å². The van der Waals surface area contributed by atoms with Crippen molar-refractivity contribution < 1.29 is 4.39 Å². The summed E-state index contributed by atoms with van der Waals surface area (Å²) in [5.41, 5.74) is 1.12. The molecule has 1 aromatic rings. The third-order valence-corrected chi connectivity index (χ3v) is 3.17. The molecule has 0 radical (unpaired) electrons. The largest absolute Gasteiger partial charge is 0.206 e. The molecule has 0 aromatic heterocycles. The van der Waals surface area contributed by atoms with Crippen molar-refractivity contribution in [2.24, 2.45) is 5.92 Å². The molecule has 0 nitrogen and oxygen atoms in total. The van der Waals surface area contributed by atoms with E-state index in [9.17, 15) is 4.39 Å². The summed E-state index contributed by atoms with van der Waals surface area (Å²) >= 11 is 3.15. The molecule has 0 N–H and O–H groups in total. The Balaban J connectivity index is 1.98. The molecule has 0 spiro atoms. The van der Waals surface area contributed by atoms with Crippen molar-refractivity contribution in [2.75, 3.05) is 0 Å². The highest BCUT2D eigenvalue weighted by Crippen LogP contribution is 2.33. The number of aryl methyl sites for hydroxylation is 1. The zero-order chi connectivity index (χ0) is 9.26. The van der Waals surface area contributed by atoms with Gasteiger partial charge in [-0.25, -0.2) is 4.39 Å². The topological polar surface area (TPSA) is 0 Å². The minimum atomic E-state index is -0.145. The predicted molar refractivity (Wildman–Crippen MR) is 55.1 cm³/mol. The molecule has 0 bridgehead atoms. The second-order valence-corrected chi connectivity index (χ2v) is 4.58. The number of rotatable bonds is 3. The molecule has 70 valence electrons. The Bertz CT molecular complexity index is 305. The number of hydrogen-bond donors (Lipinski definition) is 0. The standard InChI is InChI=1S/C11H12BrF/c12-10-6-5-9(7-11(10)13)4-3-8-1-2-8/h5-8H,1-4H2. The van der Waals surface area contributed by atoms with Crippen LogP contribution in [0.15, 0.2) is 22.7 Å². The lowest BCUT2D eigenvalue weighted by Gasteiger charge is -2.01. The Labute approximate surface area is 86.3 Å². The van der Waals surface area contributed by atoms with Crippen LogP contribution in [0, 0.1) is 11.7 Å². The van der Waals surface area contributed by atoms with Crippen LogP contribution in [0.25, 0.3) is 0 Å². The molecule has 1 aromatic carbocycles. The molecule has 0 saturated heterocycles. The summed E-state index contributed by atoms with van der Waals surface area (Å²) in [5.74, 6) is 0.778. The maximum atomic E-state index is 13.1. The molecule has 2 heteroatoms. The zero-order valence-electron chi connectivity index (χ0n) is 7.39. The fourth-order valence-corrected chi connectivity index (χ4v) is 1.72. The van der Waals surface area contributed by atoms with E-state index in [1.165, 1.54) is 19.3 Å². The molecule has 0 amide bonds. The molecule has 1 aliphatic rings. The van der Waals surface area contributed by atoms with Crippen molar-refractivity contribution in [3.8, 4) is 0 Å². The Hall–Kier alpha value is -0.370. The minimum Gasteiger partial charge on any atom is -0.206 e. The van der Waals surface area contributed by atoms with Gasteiger partial charge in [-0.2, -0.15) is 0 Å². The van der Waals surface area contributed by atoms with Gasteiger partial charge < -0.3 is 0 Å². The monoisotopic (exact) mass is 242 g/mol. The van der Waals surface area contributed by atoms with Gasteiger partial charge in [-0.3, -0.25) is 0 Å². The van der Waals surface area contributed by atoms with Crippen molar-refractivity contribution in [2.45, 2.75) is 25.7 Å². The first-order chi connectivity index (χ1) is 6.25. The van der Waals surface area contributed by atoms with E-state index in [4.69, 9.17) is 0 Å². The highest BCUT2D eigenvalue weighted by molar-refractivity contribution is 9.10. The van der Waals surface area contributed by atoms with E-state index < -0.39 is 0 Å². The van der Waals surface area contributed by atoms with E-state index in [1.807, 2.05) is 6.07 Å². The van der Waals surface area contributed by atoms with E-state index in [1.54, 1.807) is 12.1 Å². The summed E-state index contributed by atoms with van der Waals surface area (Å²) in [6.07, 6.45) is 4.99. The number of halogens is 2. The quantitative estimate of drug-likeness (QED) is 0.754. The normalized spacial score (nSPS) is 16.2. The smallest absolute Gasteiger partial charge is 0.137 e. The summed E-state index contributed by atoms with van der Waals surface area (Å²) in [4.78, 5) is 0. The van der Waals surface area contributed by atoms with Gasteiger partial charge in [0, 0.05) is 0 Å². The van der Waals surface area contributed by atoms with Crippen LogP contribution >= 0.6 is 15.9 Å². The highest BCUT2D eigenvalue weighted by Gasteiger charge is 2.20. The van der Waals surface area contributed by atoms with Gasteiger partial charge in [0.05, 0.1) is 4.47 Å². The molecule has 1 saturated carbocycles. The van der Waals surface area contributed by atoms with E-state index in [0.29, 0.717) is 4.47 Å². The molecular weight excluding hydrogens is 231 g/mol. The summed E-state index contributed by atoms with van der Waals surface area (Å²) < 4.78 is 13.6. The first kappa shape index (κ1) is 9.20. The van der Waals surface area contributed by atoms with E-state index in [-0.39, 0.29) is 5.82 Å². The third kappa shape index (κ3) is 2.53. The molecular formula is C11H12BrF. The highest BCUT2D eigenvalue weighted by atomic mass is 79.9. The van der Waals surface area contributed by atoms with Gasteiger partial charge >= 0.3 is 0 Å². The fraction of sp³-hybridized carbons (Fsp3) is 0.455. The summed E-state index contributed by atoms with van der Waals surface area (Å²) in [6, 6.07) is 5.42. The molecule has 0 heterocycles. The van der Waals surface area contributed by atoms with Crippen molar-refractivity contribution in [1.82, 2.24) is 0 Å². The first-order valence-electron chi connectivity index (χ1n) is 4.69. The maximum absolute atomic E-state index is 13.1. The maximum Gasteiger partial charge on any atom is 0.137 e. The second kappa shape index (κ2) is 3.79. The molecule has 1 fully saturated rings. The van der Waals surface area contributed by atoms with Crippen LogP contribution in [0.4, 0.5) is 4.39 Å². The van der Waals surface area contributed by atoms with Gasteiger partial charge in [0.2, 0.25) is 0 Å². The Morgan fingerprint density at radius 1 is 1.38 bits per heavy atom. The lowest BCUT2D eigenvalue weighted by atomic mass is 10.1. The van der Waals surface area contributed by atoms with E-state index >= 15 is 0 Å². The van der Waals surface area contributed by atoms with Crippen LogP contribution in [0.1, 0.15) is 24.8 Å². The lowest BCUT2D eigenvalue weighted by Crippen LogP contribution is -1.88. The van der Waals surface area contributed by atoms with E-state index in [2.05, 4.69) is 15.9 Å². The predicted octanol–water partition coefficient (Wildman–Crippen LogP) is 3.93. The van der Waals surface area contributed by atoms with Crippen LogP contribution in [-0.2, 0) is 6.42 Å². The van der Waals surface area contributed by atoms with Gasteiger partial charge in [-0.1, -0.05) is 18.9 Å². The SMILES string of the molecule is Fc1cc(CCC2CC2)ccc1Br. The summed E-state index contributed by atoms with van der Waals surface area (Å²) in [7, 11) is 0. The minimum absolute atomic E-state index is 0.145. The van der Waals surface area contributed by atoms with Gasteiger partial charge in [0.1, 0.15) is 5.82 Å². The second-order valence-electron chi connectivity index (χ2n) is 3.73. The van der Waals surface area contributed by atoms with Crippen molar-refractivity contribution in [1.29, 1.82) is 0 Å². The summed E-state index contributed by atoms with van der Waals surface area (Å²) in [5, 5.41) is 0.